The number of nitrogens with zero attached hydrogens (tertiary/aromatic N) is 2. The lowest BCUT2D eigenvalue weighted by molar-refractivity contribution is -0.888. The first-order valence-electron chi connectivity index (χ1n) is 10.2. The first-order valence-corrected chi connectivity index (χ1v) is 10.2. The highest BCUT2D eigenvalue weighted by atomic mass is 16.5. The van der Waals surface area contributed by atoms with Crippen LogP contribution in [-0.2, 0) is 0 Å². The molecule has 5 nitrogen and oxygen atoms in total. The van der Waals surface area contributed by atoms with Crippen molar-refractivity contribution >= 4 is 5.71 Å². The van der Waals surface area contributed by atoms with Crippen molar-refractivity contribution in [2.24, 2.45) is 5.10 Å². The molecule has 0 saturated carbocycles. The summed E-state index contributed by atoms with van der Waals surface area (Å²) in [4.78, 5) is 1.57. The maximum Gasteiger partial charge on any atom is 0.208 e. The van der Waals surface area contributed by atoms with E-state index in [0.717, 1.165) is 55.1 Å². The zero-order chi connectivity index (χ0) is 19.3. The van der Waals surface area contributed by atoms with E-state index in [1.807, 2.05) is 12.1 Å². The van der Waals surface area contributed by atoms with Crippen molar-refractivity contribution in [3.63, 3.8) is 0 Å². The predicted octanol–water partition coefficient (Wildman–Crippen LogP) is 2.55. The third kappa shape index (κ3) is 2.76. The first-order chi connectivity index (χ1) is 13.6. The van der Waals surface area contributed by atoms with Crippen molar-refractivity contribution in [2.45, 2.75) is 38.0 Å². The Labute approximate surface area is 166 Å². The maximum absolute atomic E-state index is 6.68. The number of ether oxygens (including phenoxy) is 2. The minimum atomic E-state index is -0.319. The molecule has 3 aliphatic rings. The number of nitrogens with one attached hydrogen (secondary N) is 1. The molecule has 0 unspecified atom stereocenters. The van der Waals surface area contributed by atoms with E-state index in [4.69, 9.17) is 14.6 Å². The molecule has 1 saturated heterocycles. The molecule has 0 bridgehead atoms. The standard InChI is InChI=1S/C23H27N3O2/c1-16-4-9-22-19(14-16)21-15-20(17-5-7-18(27-3)8-6-17)24-26(21)23(28-22)10-12-25(2)13-11-23/h4-9,14,21H,10-13,15H2,1-3H3/p+1/t21-/m1/s1. The largest absolute Gasteiger partial charge is 0.497 e. The highest BCUT2D eigenvalue weighted by Gasteiger charge is 2.52. The SMILES string of the molecule is COc1ccc(C2=NN3[C@H](C2)c2cc(C)ccc2OC32CC[NH+](C)CC2)cc1. The number of hydrogen-bond donors (Lipinski definition) is 1. The van der Waals surface area contributed by atoms with Crippen LogP contribution in [0.25, 0.3) is 0 Å². The van der Waals surface area contributed by atoms with Crippen LogP contribution >= 0.6 is 0 Å². The fourth-order valence-electron chi connectivity index (χ4n) is 4.76. The van der Waals surface area contributed by atoms with E-state index in [0.29, 0.717) is 0 Å². The van der Waals surface area contributed by atoms with E-state index in [-0.39, 0.29) is 11.8 Å². The molecule has 1 atom stereocenters. The minimum Gasteiger partial charge on any atom is -0.497 e. The van der Waals surface area contributed by atoms with Crippen LogP contribution in [0.2, 0.25) is 0 Å². The number of hydrazone groups is 1. The molecule has 1 N–H and O–H groups in total. The van der Waals surface area contributed by atoms with E-state index in [1.54, 1.807) is 12.0 Å². The Balaban J connectivity index is 1.56. The van der Waals surface area contributed by atoms with Crippen LogP contribution in [0.4, 0.5) is 0 Å². The van der Waals surface area contributed by atoms with E-state index in [9.17, 15) is 0 Å². The number of likely N-dealkylation sites (tertiary alicyclic amines) is 1. The molecule has 28 heavy (non-hydrogen) atoms. The highest BCUT2D eigenvalue weighted by Crippen LogP contribution is 2.49. The van der Waals surface area contributed by atoms with E-state index in [2.05, 4.69) is 49.3 Å². The molecule has 0 radical (unpaired) electrons. The molecular formula is C23H28N3O2+. The van der Waals surface area contributed by atoms with Gasteiger partial charge in [0.2, 0.25) is 5.72 Å². The van der Waals surface area contributed by atoms with Crippen molar-refractivity contribution < 1.29 is 14.4 Å². The van der Waals surface area contributed by atoms with Gasteiger partial charge in [-0.15, -0.1) is 0 Å². The quantitative estimate of drug-likeness (QED) is 0.873. The molecule has 2 aromatic carbocycles. The molecule has 0 aliphatic carbocycles. The number of aryl methyl sites for hydroxylation is 1. The fourth-order valence-corrected chi connectivity index (χ4v) is 4.76. The molecule has 1 spiro atoms. The summed E-state index contributed by atoms with van der Waals surface area (Å²) in [6, 6.07) is 15.1. The maximum atomic E-state index is 6.68. The average molecular weight is 378 g/mol. The minimum absolute atomic E-state index is 0.249. The predicted molar refractivity (Wildman–Crippen MR) is 109 cm³/mol. The van der Waals surface area contributed by atoms with Gasteiger partial charge in [0.1, 0.15) is 11.5 Å². The molecule has 1 fully saturated rings. The number of piperidine rings is 1. The Kier molecular flexibility index (Phi) is 4.09. The summed E-state index contributed by atoms with van der Waals surface area (Å²) >= 11 is 0. The molecule has 3 aliphatic heterocycles. The average Bonchev–Trinajstić information content (AvgIpc) is 3.18. The summed E-state index contributed by atoms with van der Waals surface area (Å²) in [5.74, 6) is 1.91. The Morgan fingerprint density at radius 1 is 1.14 bits per heavy atom. The summed E-state index contributed by atoms with van der Waals surface area (Å²) in [5, 5.41) is 7.43. The van der Waals surface area contributed by atoms with Crippen LogP contribution in [0.15, 0.2) is 47.6 Å². The normalized spacial score (nSPS) is 28.4. The summed E-state index contributed by atoms with van der Waals surface area (Å²) < 4.78 is 12.0. The van der Waals surface area contributed by atoms with Gasteiger partial charge in [0.25, 0.3) is 0 Å². The van der Waals surface area contributed by atoms with Gasteiger partial charge in [-0.1, -0.05) is 17.7 Å². The highest BCUT2D eigenvalue weighted by molar-refractivity contribution is 6.02. The number of rotatable bonds is 2. The second-order valence-electron chi connectivity index (χ2n) is 8.39. The van der Waals surface area contributed by atoms with Crippen LogP contribution in [-0.4, -0.2) is 43.7 Å². The van der Waals surface area contributed by atoms with Gasteiger partial charge in [0.15, 0.2) is 0 Å². The van der Waals surface area contributed by atoms with Crippen LogP contribution in [0.3, 0.4) is 0 Å². The van der Waals surface area contributed by atoms with Crippen molar-refractivity contribution in [3.8, 4) is 11.5 Å². The zero-order valence-electron chi connectivity index (χ0n) is 16.9. The number of hydrogen-bond acceptors (Lipinski definition) is 4. The lowest BCUT2D eigenvalue weighted by atomic mass is 9.90. The fraction of sp³-hybridized carbons (Fsp3) is 0.435. The van der Waals surface area contributed by atoms with Crippen LogP contribution < -0.4 is 14.4 Å². The molecular weight excluding hydrogens is 350 g/mol. The van der Waals surface area contributed by atoms with Crippen molar-refractivity contribution in [1.29, 1.82) is 0 Å². The molecule has 146 valence electrons. The van der Waals surface area contributed by atoms with Gasteiger partial charge in [-0.3, -0.25) is 0 Å². The monoisotopic (exact) mass is 378 g/mol. The lowest BCUT2D eigenvalue weighted by Gasteiger charge is -2.49. The van der Waals surface area contributed by atoms with E-state index in [1.165, 1.54) is 11.1 Å². The van der Waals surface area contributed by atoms with Crippen molar-refractivity contribution in [2.75, 3.05) is 27.2 Å². The van der Waals surface area contributed by atoms with E-state index >= 15 is 0 Å². The number of methoxy groups -OCH3 is 1. The Morgan fingerprint density at radius 2 is 1.89 bits per heavy atom. The summed E-state index contributed by atoms with van der Waals surface area (Å²) in [6.07, 6.45) is 2.92. The molecule has 3 heterocycles. The Morgan fingerprint density at radius 3 is 2.61 bits per heavy atom. The van der Waals surface area contributed by atoms with Gasteiger partial charge in [0.05, 0.1) is 51.8 Å². The molecule has 0 amide bonds. The van der Waals surface area contributed by atoms with Crippen LogP contribution in [0.1, 0.15) is 42.0 Å². The smallest absolute Gasteiger partial charge is 0.208 e. The summed E-state index contributed by atoms with van der Waals surface area (Å²) in [7, 11) is 3.96. The third-order valence-corrected chi connectivity index (χ3v) is 6.46. The van der Waals surface area contributed by atoms with Gasteiger partial charge in [0, 0.05) is 12.0 Å². The second-order valence-corrected chi connectivity index (χ2v) is 8.39. The topological polar surface area (TPSA) is 38.5 Å². The number of benzene rings is 2. The third-order valence-electron chi connectivity index (χ3n) is 6.46. The number of quaternary nitrogens is 1. The molecule has 5 rings (SSSR count). The Hall–Kier alpha value is -2.53. The molecule has 5 heteroatoms. The van der Waals surface area contributed by atoms with Crippen molar-refractivity contribution in [3.05, 3.63) is 59.2 Å². The Bertz CT molecular complexity index is 914. The van der Waals surface area contributed by atoms with Crippen LogP contribution in [0, 0.1) is 6.92 Å². The van der Waals surface area contributed by atoms with Gasteiger partial charge in [-0.25, -0.2) is 5.01 Å². The zero-order valence-corrected chi connectivity index (χ0v) is 16.9. The number of fused-ring (bicyclic) bond motifs is 4. The lowest BCUT2D eigenvalue weighted by Crippen LogP contribution is -3.11. The summed E-state index contributed by atoms with van der Waals surface area (Å²) in [5.41, 5.74) is 4.52. The van der Waals surface area contributed by atoms with Gasteiger partial charge < -0.3 is 14.4 Å². The van der Waals surface area contributed by atoms with Gasteiger partial charge in [-0.2, -0.15) is 5.10 Å². The van der Waals surface area contributed by atoms with Gasteiger partial charge in [-0.05, 0) is 42.8 Å². The summed E-state index contributed by atoms with van der Waals surface area (Å²) in [6.45, 7) is 4.36. The van der Waals surface area contributed by atoms with Gasteiger partial charge >= 0.3 is 0 Å². The van der Waals surface area contributed by atoms with E-state index < -0.39 is 0 Å². The molecule has 0 aromatic heterocycles. The van der Waals surface area contributed by atoms with Crippen LogP contribution in [0.5, 0.6) is 11.5 Å². The first kappa shape index (κ1) is 17.6. The van der Waals surface area contributed by atoms with Crippen molar-refractivity contribution in [1.82, 2.24) is 5.01 Å². The molecule has 2 aromatic rings. The second kappa shape index (κ2) is 6.52.